The van der Waals surface area contributed by atoms with Gasteiger partial charge in [-0.15, -0.1) is 10.2 Å². The Bertz CT molecular complexity index is 958. The number of halogens is 1. The van der Waals surface area contributed by atoms with E-state index in [2.05, 4.69) is 15.5 Å². The molecule has 2 aromatic carbocycles. The molecule has 8 nitrogen and oxygen atoms in total. The molecular formula is C23H31ClN4O4. The molecule has 0 radical (unpaired) electrons. The molecule has 9 heteroatoms. The lowest BCUT2D eigenvalue weighted by Crippen LogP contribution is -2.27. The number of nitrogens with one attached hydrogen (secondary N) is 1. The largest absolute Gasteiger partial charge is 0.505 e. The van der Waals surface area contributed by atoms with Crippen molar-refractivity contribution in [3.63, 3.8) is 0 Å². The van der Waals surface area contributed by atoms with Gasteiger partial charge < -0.3 is 26.0 Å². The highest BCUT2D eigenvalue weighted by molar-refractivity contribution is 6.31. The molecule has 2 aromatic rings. The van der Waals surface area contributed by atoms with Gasteiger partial charge in [0.25, 0.3) is 0 Å². The Kier molecular flexibility index (Phi) is 9.43. The first-order chi connectivity index (χ1) is 15.1. The molecule has 0 aliphatic carbocycles. The first-order valence-electron chi connectivity index (χ1n) is 10.4. The number of carbonyl (C=O) groups is 1. The van der Waals surface area contributed by atoms with Crippen LogP contribution < -0.4 is 11.1 Å². The molecule has 174 valence electrons. The maximum Gasteiger partial charge on any atom is 0.220 e. The van der Waals surface area contributed by atoms with E-state index in [1.54, 1.807) is 24.3 Å². The second-order valence-corrected chi connectivity index (χ2v) is 8.79. The van der Waals surface area contributed by atoms with Crippen molar-refractivity contribution in [3.05, 3.63) is 46.5 Å². The predicted octanol–water partition coefficient (Wildman–Crippen LogP) is 4.40. The van der Waals surface area contributed by atoms with Crippen LogP contribution in [0.25, 0.3) is 0 Å². The van der Waals surface area contributed by atoms with E-state index in [9.17, 15) is 9.90 Å². The number of hydrogen-bond acceptors (Lipinski definition) is 7. The highest BCUT2D eigenvalue weighted by Crippen LogP contribution is 2.40. The van der Waals surface area contributed by atoms with Crippen LogP contribution in [0.4, 0.5) is 17.1 Å². The highest BCUT2D eigenvalue weighted by Gasteiger charge is 2.22. The highest BCUT2D eigenvalue weighted by atomic mass is 35.5. The van der Waals surface area contributed by atoms with Gasteiger partial charge in [0.15, 0.2) is 0 Å². The summed E-state index contributed by atoms with van der Waals surface area (Å²) in [5.74, 6) is -0.0751. The van der Waals surface area contributed by atoms with E-state index in [4.69, 9.17) is 27.2 Å². The van der Waals surface area contributed by atoms with Crippen LogP contribution in [0.15, 0.2) is 40.6 Å². The van der Waals surface area contributed by atoms with Gasteiger partial charge in [0.1, 0.15) is 17.1 Å². The van der Waals surface area contributed by atoms with Gasteiger partial charge >= 0.3 is 0 Å². The van der Waals surface area contributed by atoms with Crippen molar-refractivity contribution in [3.8, 4) is 5.75 Å². The summed E-state index contributed by atoms with van der Waals surface area (Å²) < 4.78 is 5.12. The normalized spacial score (nSPS) is 11.8. The molecule has 0 atom stereocenters. The number of hydrogen-bond donors (Lipinski definition) is 4. The number of phenolic OH excluding ortho intramolecular Hbond substituents is 1. The third kappa shape index (κ3) is 7.78. The van der Waals surface area contributed by atoms with Crippen LogP contribution in [0.1, 0.15) is 38.3 Å². The minimum atomic E-state index is -0.342. The molecule has 0 fully saturated rings. The van der Waals surface area contributed by atoms with Gasteiger partial charge in [-0.25, -0.2) is 0 Å². The minimum Gasteiger partial charge on any atom is -0.505 e. The second kappa shape index (κ2) is 11.8. The van der Waals surface area contributed by atoms with E-state index >= 15 is 0 Å². The fourth-order valence-corrected chi connectivity index (χ4v) is 3.12. The summed E-state index contributed by atoms with van der Waals surface area (Å²) >= 11 is 6.01. The Morgan fingerprint density at radius 3 is 2.56 bits per heavy atom. The number of anilines is 1. The number of phenols is 1. The molecule has 0 saturated carbocycles. The summed E-state index contributed by atoms with van der Waals surface area (Å²) in [7, 11) is 0. The summed E-state index contributed by atoms with van der Waals surface area (Å²) in [5.41, 5.74) is 8.27. The van der Waals surface area contributed by atoms with Crippen LogP contribution in [0.5, 0.6) is 5.75 Å². The Balaban J connectivity index is 2.19. The summed E-state index contributed by atoms with van der Waals surface area (Å²) in [6, 6.07) is 8.50. The average molecular weight is 463 g/mol. The molecule has 0 heterocycles. The molecule has 0 spiro atoms. The number of nitrogens with zero attached hydrogens (tertiary/aromatic N) is 2. The van der Waals surface area contributed by atoms with Crippen LogP contribution in [0, 0.1) is 0 Å². The zero-order valence-electron chi connectivity index (χ0n) is 18.7. The number of azo groups is 1. The monoisotopic (exact) mass is 462 g/mol. The first kappa shape index (κ1) is 25.6. The standard InChI is InChI=1S/C23H31ClN4O4/c1-23(2,3)17-12-15(4-7-21(30)26-8-10-32-11-9-29)13-20(22(17)31)28-27-19-14-16(24)5-6-18(19)25/h5-6,12-14,29,31H,4,7-11,25H2,1-3H3,(H,26,30). The zero-order valence-corrected chi connectivity index (χ0v) is 19.4. The van der Waals surface area contributed by atoms with Crippen molar-refractivity contribution in [2.75, 3.05) is 32.1 Å². The van der Waals surface area contributed by atoms with Crippen molar-refractivity contribution in [1.29, 1.82) is 0 Å². The predicted molar refractivity (Wildman–Crippen MR) is 126 cm³/mol. The van der Waals surface area contributed by atoms with Crippen molar-refractivity contribution in [2.45, 2.75) is 39.0 Å². The lowest BCUT2D eigenvalue weighted by Gasteiger charge is -2.22. The summed E-state index contributed by atoms with van der Waals surface area (Å²) in [4.78, 5) is 12.1. The molecule has 0 aliphatic rings. The van der Waals surface area contributed by atoms with E-state index in [0.717, 1.165) is 5.56 Å². The zero-order chi connectivity index (χ0) is 23.7. The van der Waals surface area contributed by atoms with Crippen LogP contribution in [0.2, 0.25) is 5.02 Å². The van der Waals surface area contributed by atoms with Crippen LogP contribution in [-0.4, -0.2) is 42.5 Å². The molecule has 0 bridgehead atoms. The lowest BCUT2D eigenvalue weighted by atomic mass is 9.84. The molecule has 2 rings (SSSR count). The van der Waals surface area contributed by atoms with E-state index in [1.165, 1.54) is 0 Å². The van der Waals surface area contributed by atoms with Gasteiger partial charge in [0, 0.05) is 23.6 Å². The number of ether oxygens (including phenoxy) is 1. The van der Waals surface area contributed by atoms with Gasteiger partial charge in [-0.3, -0.25) is 4.79 Å². The minimum absolute atomic E-state index is 0.0380. The van der Waals surface area contributed by atoms with Gasteiger partial charge in [0.05, 0.1) is 25.5 Å². The van der Waals surface area contributed by atoms with Crippen LogP contribution in [0.3, 0.4) is 0 Å². The maximum atomic E-state index is 12.1. The number of benzene rings is 2. The number of aliphatic hydroxyl groups is 1. The molecule has 0 saturated heterocycles. The van der Waals surface area contributed by atoms with Gasteiger partial charge in [-0.1, -0.05) is 38.4 Å². The molecule has 32 heavy (non-hydrogen) atoms. The number of carbonyl (C=O) groups excluding carboxylic acids is 1. The topological polar surface area (TPSA) is 130 Å². The number of amides is 1. The molecule has 0 unspecified atom stereocenters. The Morgan fingerprint density at radius 1 is 1.16 bits per heavy atom. The fraction of sp³-hybridized carbons (Fsp3) is 0.435. The maximum absolute atomic E-state index is 12.1. The number of aliphatic hydroxyl groups excluding tert-OH is 1. The Morgan fingerprint density at radius 2 is 1.88 bits per heavy atom. The molecule has 0 aromatic heterocycles. The lowest BCUT2D eigenvalue weighted by molar-refractivity contribution is -0.121. The molecule has 5 N–H and O–H groups in total. The van der Waals surface area contributed by atoms with Crippen molar-refractivity contribution in [1.82, 2.24) is 5.32 Å². The number of aryl methyl sites for hydroxylation is 1. The molecule has 1 amide bonds. The van der Waals surface area contributed by atoms with E-state index in [1.807, 2.05) is 26.8 Å². The van der Waals surface area contributed by atoms with E-state index in [-0.39, 0.29) is 36.7 Å². The SMILES string of the molecule is CC(C)(C)c1cc(CCC(=O)NCCOCCO)cc(N=Nc2cc(Cl)ccc2N)c1O. The summed E-state index contributed by atoms with van der Waals surface area (Å²) in [6.07, 6.45) is 0.737. The van der Waals surface area contributed by atoms with Crippen molar-refractivity contribution in [2.24, 2.45) is 10.2 Å². The van der Waals surface area contributed by atoms with E-state index in [0.29, 0.717) is 47.2 Å². The number of nitrogen functional groups attached to an aromatic ring is 1. The number of rotatable bonds is 10. The van der Waals surface area contributed by atoms with E-state index < -0.39 is 0 Å². The van der Waals surface area contributed by atoms with Gasteiger partial charge in [-0.05, 0) is 41.7 Å². The smallest absolute Gasteiger partial charge is 0.220 e. The number of nitrogens with two attached hydrogens (primary N) is 1. The summed E-state index contributed by atoms with van der Waals surface area (Å²) in [6.45, 7) is 6.88. The summed E-state index contributed by atoms with van der Waals surface area (Å²) in [5, 5.41) is 31.1. The third-order valence-electron chi connectivity index (χ3n) is 4.66. The Labute approximate surface area is 193 Å². The molecule has 0 aliphatic heterocycles. The quantitative estimate of drug-likeness (QED) is 0.236. The van der Waals surface area contributed by atoms with Gasteiger partial charge in [-0.2, -0.15) is 0 Å². The van der Waals surface area contributed by atoms with Crippen molar-refractivity contribution < 1.29 is 19.7 Å². The van der Waals surface area contributed by atoms with Crippen molar-refractivity contribution >= 4 is 34.6 Å². The van der Waals surface area contributed by atoms with Crippen LogP contribution in [-0.2, 0) is 21.4 Å². The fourth-order valence-electron chi connectivity index (χ4n) is 2.96. The second-order valence-electron chi connectivity index (χ2n) is 8.35. The Hall–Kier alpha value is -2.68. The van der Waals surface area contributed by atoms with Gasteiger partial charge in [0.2, 0.25) is 5.91 Å². The molecular weight excluding hydrogens is 432 g/mol. The third-order valence-corrected chi connectivity index (χ3v) is 4.90. The van der Waals surface area contributed by atoms with Crippen LogP contribution >= 0.6 is 11.6 Å². The first-order valence-corrected chi connectivity index (χ1v) is 10.8. The number of aromatic hydroxyl groups is 1. The average Bonchev–Trinajstić information content (AvgIpc) is 2.73.